The quantitative estimate of drug-likeness (QED) is 0.271. The molecule has 0 unspecified atom stereocenters. The summed E-state index contributed by atoms with van der Waals surface area (Å²) in [6, 6.07) is 13.1. The number of fused-ring (bicyclic) bond motifs is 1. The Kier molecular flexibility index (Phi) is 6.64. The van der Waals surface area contributed by atoms with E-state index in [1.165, 1.54) is 26.4 Å². The van der Waals surface area contributed by atoms with E-state index in [0.29, 0.717) is 45.4 Å². The fourth-order valence-electron chi connectivity index (χ4n) is 3.76. The summed E-state index contributed by atoms with van der Waals surface area (Å²) in [6.45, 7) is 1.75. The summed E-state index contributed by atoms with van der Waals surface area (Å²) >= 11 is 0. The molecule has 0 saturated carbocycles. The van der Waals surface area contributed by atoms with Crippen LogP contribution in [0.2, 0.25) is 0 Å². The van der Waals surface area contributed by atoms with Crippen LogP contribution < -0.4 is 28.4 Å². The van der Waals surface area contributed by atoms with E-state index in [1.807, 2.05) is 0 Å². The molecule has 0 aromatic heterocycles. The average molecular weight is 476 g/mol. The van der Waals surface area contributed by atoms with Crippen molar-refractivity contribution in [3.63, 3.8) is 0 Å². The molecule has 8 heteroatoms. The van der Waals surface area contributed by atoms with Crippen molar-refractivity contribution in [1.82, 2.24) is 0 Å². The average Bonchev–Trinajstić information content (AvgIpc) is 3.18. The monoisotopic (exact) mass is 476 g/mol. The minimum Gasteiger partial charge on any atom is -0.497 e. The van der Waals surface area contributed by atoms with E-state index in [4.69, 9.17) is 28.4 Å². The fourth-order valence-corrected chi connectivity index (χ4v) is 3.76. The highest BCUT2D eigenvalue weighted by atomic mass is 16.5. The molecule has 35 heavy (non-hydrogen) atoms. The number of ketones is 1. The molecule has 1 heterocycles. The molecule has 4 rings (SSSR count). The number of carbonyl (C=O) groups is 2. The van der Waals surface area contributed by atoms with Crippen LogP contribution in [-0.4, -0.2) is 40.2 Å². The number of hydrogen-bond acceptors (Lipinski definition) is 8. The van der Waals surface area contributed by atoms with Gasteiger partial charge >= 0.3 is 5.97 Å². The fraction of sp³-hybridized carbons (Fsp3) is 0.185. The molecule has 0 amide bonds. The Bertz CT molecular complexity index is 1340. The maximum absolute atomic E-state index is 13.1. The molecule has 0 aliphatic carbocycles. The van der Waals surface area contributed by atoms with Gasteiger partial charge in [-0.15, -0.1) is 0 Å². The number of ether oxygens (including phenoxy) is 6. The molecular formula is C27H24O8. The normalized spacial score (nSPS) is 13.2. The van der Waals surface area contributed by atoms with E-state index in [1.54, 1.807) is 63.6 Å². The lowest BCUT2D eigenvalue weighted by atomic mass is 10.0. The maximum atomic E-state index is 13.1. The van der Waals surface area contributed by atoms with Crippen molar-refractivity contribution < 1.29 is 38.0 Å². The van der Waals surface area contributed by atoms with Crippen LogP contribution in [0, 0.1) is 6.92 Å². The van der Waals surface area contributed by atoms with Gasteiger partial charge in [-0.25, -0.2) is 4.79 Å². The first-order chi connectivity index (χ1) is 16.9. The highest BCUT2D eigenvalue weighted by Crippen LogP contribution is 2.39. The summed E-state index contributed by atoms with van der Waals surface area (Å²) < 4.78 is 32.5. The van der Waals surface area contributed by atoms with Gasteiger partial charge in [-0.2, -0.15) is 0 Å². The van der Waals surface area contributed by atoms with Crippen LogP contribution in [0.25, 0.3) is 6.08 Å². The molecule has 0 radical (unpaired) electrons. The lowest BCUT2D eigenvalue weighted by Crippen LogP contribution is -2.09. The summed E-state index contributed by atoms with van der Waals surface area (Å²) in [4.78, 5) is 25.8. The minimum atomic E-state index is -0.591. The molecule has 0 bridgehead atoms. The van der Waals surface area contributed by atoms with Crippen molar-refractivity contribution in [2.24, 2.45) is 0 Å². The van der Waals surface area contributed by atoms with Gasteiger partial charge in [-0.1, -0.05) is 0 Å². The smallest absolute Gasteiger partial charge is 0.343 e. The number of carbonyl (C=O) groups excluding carboxylic acids is 2. The number of rotatable bonds is 7. The molecule has 8 nitrogen and oxygen atoms in total. The molecule has 3 aromatic carbocycles. The zero-order chi connectivity index (χ0) is 25.1. The van der Waals surface area contributed by atoms with E-state index in [2.05, 4.69) is 0 Å². The third kappa shape index (κ3) is 4.63. The molecule has 1 aliphatic rings. The van der Waals surface area contributed by atoms with Crippen molar-refractivity contribution in [1.29, 1.82) is 0 Å². The van der Waals surface area contributed by atoms with Crippen molar-refractivity contribution >= 4 is 17.8 Å². The highest BCUT2D eigenvalue weighted by molar-refractivity contribution is 6.15. The molecular weight excluding hydrogens is 452 g/mol. The zero-order valence-corrected chi connectivity index (χ0v) is 20.0. The van der Waals surface area contributed by atoms with Gasteiger partial charge in [0.2, 0.25) is 5.78 Å². The van der Waals surface area contributed by atoms with E-state index < -0.39 is 5.97 Å². The Morgan fingerprint density at radius 1 is 0.800 bits per heavy atom. The van der Waals surface area contributed by atoms with Gasteiger partial charge in [0.25, 0.3) is 0 Å². The SMILES string of the molecule is COc1ccc(OC)c(/C=C2\Oc3cc(OC(=O)c4ccc(OC)c(OC)c4)cc(C)c3C2=O)c1. The molecule has 3 aromatic rings. The summed E-state index contributed by atoms with van der Waals surface area (Å²) in [6.07, 6.45) is 1.60. The molecule has 0 N–H and O–H groups in total. The number of aryl methyl sites for hydroxylation is 1. The third-order valence-electron chi connectivity index (χ3n) is 5.50. The maximum Gasteiger partial charge on any atom is 0.343 e. The predicted octanol–water partition coefficient (Wildman–Crippen LogP) is 4.86. The molecule has 0 spiro atoms. The van der Waals surface area contributed by atoms with Gasteiger partial charge in [-0.3, -0.25) is 4.79 Å². The number of hydrogen-bond donors (Lipinski definition) is 0. The van der Waals surface area contributed by atoms with E-state index in [0.717, 1.165) is 0 Å². The number of allylic oxidation sites excluding steroid dienone is 1. The molecule has 180 valence electrons. The molecule has 0 atom stereocenters. The zero-order valence-electron chi connectivity index (χ0n) is 20.0. The first-order valence-electron chi connectivity index (χ1n) is 10.6. The van der Waals surface area contributed by atoms with Crippen molar-refractivity contribution in [2.45, 2.75) is 6.92 Å². The largest absolute Gasteiger partial charge is 0.497 e. The predicted molar refractivity (Wildman–Crippen MR) is 128 cm³/mol. The van der Waals surface area contributed by atoms with Crippen LogP contribution in [0.15, 0.2) is 54.3 Å². The molecule has 0 saturated heterocycles. The summed E-state index contributed by atoms with van der Waals surface area (Å²) in [7, 11) is 6.09. The Morgan fingerprint density at radius 3 is 2.20 bits per heavy atom. The first-order valence-corrected chi connectivity index (χ1v) is 10.6. The van der Waals surface area contributed by atoms with Crippen molar-refractivity contribution in [3.8, 4) is 34.5 Å². The summed E-state index contributed by atoms with van der Waals surface area (Å²) in [5.41, 5.74) is 1.93. The van der Waals surface area contributed by atoms with Crippen LogP contribution >= 0.6 is 0 Å². The summed E-state index contributed by atoms with van der Waals surface area (Å²) in [5.74, 6) is 1.88. The second kappa shape index (κ2) is 9.80. The van der Waals surface area contributed by atoms with Gasteiger partial charge < -0.3 is 28.4 Å². The topological polar surface area (TPSA) is 89.5 Å². The third-order valence-corrected chi connectivity index (χ3v) is 5.50. The van der Waals surface area contributed by atoms with Crippen LogP contribution in [0.5, 0.6) is 34.5 Å². The molecule has 1 aliphatic heterocycles. The first kappa shape index (κ1) is 23.7. The number of Topliss-reactive ketones (excluding diaryl/α,β-unsaturated/α-hetero) is 1. The van der Waals surface area contributed by atoms with E-state index >= 15 is 0 Å². The number of methoxy groups -OCH3 is 4. The lowest BCUT2D eigenvalue weighted by molar-refractivity contribution is 0.0734. The second-order valence-electron chi connectivity index (χ2n) is 7.62. The Balaban J connectivity index is 1.61. The van der Waals surface area contributed by atoms with Gasteiger partial charge in [0.15, 0.2) is 17.3 Å². The van der Waals surface area contributed by atoms with Gasteiger partial charge in [0.1, 0.15) is 23.0 Å². The van der Waals surface area contributed by atoms with Crippen molar-refractivity contribution in [2.75, 3.05) is 28.4 Å². The second-order valence-corrected chi connectivity index (χ2v) is 7.62. The van der Waals surface area contributed by atoms with Crippen LogP contribution in [0.1, 0.15) is 31.8 Å². The minimum absolute atomic E-state index is 0.123. The van der Waals surface area contributed by atoms with Gasteiger partial charge in [0.05, 0.1) is 39.6 Å². The number of benzene rings is 3. The van der Waals surface area contributed by atoms with Crippen molar-refractivity contribution in [3.05, 3.63) is 76.5 Å². The van der Waals surface area contributed by atoms with Gasteiger partial charge in [-0.05, 0) is 61.0 Å². The Morgan fingerprint density at radius 2 is 1.51 bits per heavy atom. The molecule has 0 fully saturated rings. The Hall–Kier alpha value is -4.46. The summed E-state index contributed by atoms with van der Waals surface area (Å²) in [5, 5.41) is 0. The van der Waals surface area contributed by atoms with Crippen LogP contribution in [0.3, 0.4) is 0 Å². The van der Waals surface area contributed by atoms with Crippen LogP contribution in [0.4, 0.5) is 0 Å². The van der Waals surface area contributed by atoms with Gasteiger partial charge in [0, 0.05) is 11.6 Å². The number of esters is 1. The van der Waals surface area contributed by atoms with E-state index in [9.17, 15) is 9.59 Å². The van der Waals surface area contributed by atoms with Crippen LogP contribution in [-0.2, 0) is 0 Å². The highest BCUT2D eigenvalue weighted by Gasteiger charge is 2.31. The Labute approximate surface area is 202 Å². The lowest BCUT2D eigenvalue weighted by Gasteiger charge is -2.10. The standard InChI is InChI=1S/C27H24O8/c1-15-10-19(34-27(29)16-6-8-21(32-4)22(12-16)33-5)14-23-25(15)26(28)24(35-23)13-17-11-18(30-2)7-9-20(17)31-3/h6-14H,1-5H3/b24-13-. The van der Waals surface area contributed by atoms with E-state index in [-0.39, 0.29) is 22.9 Å².